The van der Waals surface area contributed by atoms with Gasteiger partial charge in [-0.1, -0.05) is 18.2 Å². The van der Waals surface area contributed by atoms with Gasteiger partial charge in [0, 0.05) is 6.42 Å². The van der Waals surface area contributed by atoms with E-state index in [0.29, 0.717) is 0 Å². The van der Waals surface area contributed by atoms with Gasteiger partial charge in [-0.15, -0.1) is 32.1 Å². The van der Waals surface area contributed by atoms with Crippen LogP contribution in [-0.4, -0.2) is 0 Å². The summed E-state index contributed by atoms with van der Waals surface area (Å²) in [7, 11) is 0. The average molecular weight is 174 g/mol. The molecule has 0 rings (SSSR count). The maximum Gasteiger partial charge on any atom is 0.0152 e. The standard InChI is InChI=1S/C13H18/c1-5-9-13(10-6-2,11-7-3)12-8-4/h1,6-8H,2-4,9-12H2. The molecule has 0 aromatic rings. The number of hydrogen-bond acceptors (Lipinski definition) is 0. The third-order valence-corrected chi connectivity index (χ3v) is 2.21. The lowest BCUT2D eigenvalue weighted by Gasteiger charge is -2.28. The van der Waals surface area contributed by atoms with Crippen LogP contribution in [0.1, 0.15) is 25.7 Å². The van der Waals surface area contributed by atoms with Crippen molar-refractivity contribution in [2.75, 3.05) is 0 Å². The van der Waals surface area contributed by atoms with Gasteiger partial charge in [-0.3, -0.25) is 0 Å². The molecule has 0 aliphatic carbocycles. The molecule has 0 fully saturated rings. The smallest absolute Gasteiger partial charge is 0.0152 e. The van der Waals surface area contributed by atoms with Gasteiger partial charge in [0.05, 0.1) is 0 Å². The number of allylic oxidation sites excluding steroid dienone is 3. The van der Waals surface area contributed by atoms with Gasteiger partial charge in [-0.25, -0.2) is 0 Å². The molecule has 0 aliphatic rings. The summed E-state index contributed by atoms with van der Waals surface area (Å²) in [5, 5.41) is 0. The maximum absolute atomic E-state index is 5.35. The highest BCUT2D eigenvalue weighted by molar-refractivity contribution is 5.02. The summed E-state index contributed by atoms with van der Waals surface area (Å²) in [6.45, 7) is 11.3. The summed E-state index contributed by atoms with van der Waals surface area (Å²) in [5.74, 6) is 2.72. The fraction of sp³-hybridized carbons (Fsp3) is 0.385. The summed E-state index contributed by atoms with van der Waals surface area (Å²) in [4.78, 5) is 0. The van der Waals surface area contributed by atoms with Crippen LogP contribution in [0.25, 0.3) is 0 Å². The predicted octanol–water partition coefficient (Wildman–Crippen LogP) is 3.72. The second-order valence-corrected chi connectivity index (χ2v) is 3.36. The highest BCUT2D eigenvalue weighted by Gasteiger charge is 2.24. The molecule has 0 spiro atoms. The summed E-state index contributed by atoms with van der Waals surface area (Å²) in [6, 6.07) is 0. The molecular weight excluding hydrogens is 156 g/mol. The molecule has 0 amide bonds. The first kappa shape index (κ1) is 11.8. The van der Waals surface area contributed by atoms with Gasteiger partial charge in [-0.05, 0) is 24.7 Å². The highest BCUT2D eigenvalue weighted by Crippen LogP contribution is 2.35. The van der Waals surface area contributed by atoms with E-state index in [2.05, 4.69) is 25.7 Å². The maximum atomic E-state index is 5.35. The molecule has 0 unspecified atom stereocenters. The molecule has 0 aromatic heterocycles. The quantitative estimate of drug-likeness (QED) is 0.407. The Morgan fingerprint density at radius 2 is 1.38 bits per heavy atom. The Balaban J connectivity index is 4.56. The minimum absolute atomic E-state index is 0.111. The topological polar surface area (TPSA) is 0 Å². The Bertz CT molecular complexity index is 188. The summed E-state index contributed by atoms with van der Waals surface area (Å²) in [6.07, 6.45) is 14.7. The van der Waals surface area contributed by atoms with Crippen molar-refractivity contribution >= 4 is 0 Å². The van der Waals surface area contributed by atoms with E-state index >= 15 is 0 Å². The van der Waals surface area contributed by atoms with E-state index in [1.165, 1.54) is 0 Å². The summed E-state index contributed by atoms with van der Waals surface area (Å²) in [5.41, 5.74) is 0.111. The molecule has 0 saturated carbocycles. The van der Waals surface area contributed by atoms with Crippen molar-refractivity contribution < 1.29 is 0 Å². The monoisotopic (exact) mass is 174 g/mol. The first-order chi connectivity index (χ1) is 6.24. The van der Waals surface area contributed by atoms with Gasteiger partial charge >= 0.3 is 0 Å². The number of terminal acetylenes is 1. The van der Waals surface area contributed by atoms with Crippen molar-refractivity contribution in [3.8, 4) is 12.3 Å². The van der Waals surface area contributed by atoms with E-state index < -0.39 is 0 Å². The fourth-order valence-corrected chi connectivity index (χ4v) is 1.60. The second-order valence-electron chi connectivity index (χ2n) is 3.36. The molecule has 0 heteroatoms. The van der Waals surface area contributed by atoms with Crippen LogP contribution < -0.4 is 0 Å². The van der Waals surface area contributed by atoms with Gasteiger partial charge in [0.15, 0.2) is 0 Å². The van der Waals surface area contributed by atoms with Crippen LogP contribution in [0.4, 0.5) is 0 Å². The Hall–Kier alpha value is -1.22. The molecule has 0 heterocycles. The van der Waals surface area contributed by atoms with Crippen LogP contribution in [-0.2, 0) is 0 Å². The van der Waals surface area contributed by atoms with E-state index in [-0.39, 0.29) is 5.41 Å². The first-order valence-corrected chi connectivity index (χ1v) is 4.51. The third kappa shape index (κ3) is 3.80. The van der Waals surface area contributed by atoms with Crippen molar-refractivity contribution in [2.24, 2.45) is 5.41 Å². The van der Waals surface area contributed by atoms with E-state index in [1.807, 2.05) is 18.2 Å². The molecule has 0 radical (unpaired) electrons. The van der Waals surface area contributed by atoms with Crippen molar-refractivity contribution in [3.63, 3.8) is 0 Å². The minimum atomic E-state index is 0.111. The Kier molecular flexibility index (Phi) is 5.72. The fourth-order valence-electron chi connectivity index (χ4n) is 1.60. The van der Waals surface area contributed by atoms with Crippen LogP contribution in [0.2, 0.25) is 0 Å². The van der Waals surface area contributed by atoms with Crippen LogP contribution >= 0.6 is 0 Å². The third-order valence-electron chi connectivity index (χ3n) is 2.21. The highest BCUT2D eigenvalue weighted by atomic mass is 14.3. The zero-order valence-electron chi connectivity index (χ0n) is 8.26. The van der Waals surface area contributed by atoms with E-state index in [1.54, 1.807) is 0 Å². The molecule has 70 valence electrons. The molecular formula is C13H18. The van der Waals surface area contributed by atoms with Crippen molar-refractivity contribution in [2.45, 2.75) is 25.7 Å². The minimum Gasteiger partial charge on any atom is -0.120 e. The van der Waals surface area contributed by atoms with Gasteiger partial charge < -0.3 is 0 Å². The number of rotatable bonds is 7. The lowest BCUT2D eigenvalue weighted by atomic mass is 9.75. The summed E-state index contributed by atoms with van der Waals surface area (Å²) >= 11 is 0. The summed E-state index contributed by atoms with van der Waals surface area (Å²) < 4.78 is 0. The largest absolute Gasteiger partial charge is 0.120 e. The molecule has 0 aliphatic heterocycles. The Morgan fingerprint density at radius 3 is 1.62 bits per heavy atom. The van der Waals surface area contributed by atoms with E-state index in [9.17, 15) is 0 Å². The van der Waals surface area contributed by atoms with Crippen molar-refractivity contribution in [1.82, 2.24) is 0 Å². The SMILES string of the molecule is C#CCC(CC=C)(CC=C)CC=C. The number of hydrogen-bond donors (Lipinski definition) is 0. The predicted molar refractivity (Wildman–Crippen MR) is 60.3 cm³/mol. The molecule has 0 N–H and O–H groups in total. The Labute approximate surface area is 82.0 Å². The molecule has 0 aromatic carbocycles. The lowest BCUT2D eigenvalue weighted by Crippen LogP contribution is -2.17. The van der Waals surface area contributed by atoms with Gasteiger partial charge in [0.1, 0.15) is 0 Å². The second kappa shape index (κ2) is 6.31. The zero-order chi connectivity index (χ0) is 10.2. The molecule has 0 atom stereocenters. The average Bonchev–Trinajstić information content (AvgIpc) is 2.06. The van der Waals surface area contributed by atoms with Crippen molar-refractivity contribution in [1.29, 1.82) is 0 Å². The first-order valence-electron chi connectivity index (χ1n) is 4.51. The Morgan fingerprint density at radius 1 is 1.00 bits per heavy atom. The van der Waals surface area contributed by atoms with Crippen LogP contribution in [0.3, 0.4) is 0 Å². The van der Waals surface area contributed by atoms with Gasteiger partial charge in [0.2, 0.25) is 0 Å². The zero-order valence-corrected chi connectivity index (χ0v) is 8.26. The van der Waals surface area contributed by atoms with E-state index in [4.69, 9.17) is 6.42 Å². The lowest BCUT2D eigenvalue weighted by molar-refractivity contribution is 0.307. The normalized spacial score (nSPS) is 10.1. The van der Waals surface area contributed by atoms with Crippen molar-refractivity contribution in [3.05, 3.63) is 38.0 Å². The van der Waals surface area contributed by atoms with Crippen LogP contribution in [0.15, 0.2) is 38.0 Å². The molecule has 0 bridgehead atoms. The molecule has 0 saturated heterocycles. The molecule has 13 heavy (non-hydrogen) atoms. The van der Waals surface area contributed by atoms with Gasteiger partial charge in [-0.2, -0.15) is 0 Å². The van der Waals surface area contributed by atoms with Crippen LogP contribution in [0.5, 0.6) is 0 Å². The van der Waals surface area contributed by atoms with Crippen LogP contribution in [0, 0.1) is 17.8 Å². The van der Waals surface area contributed by atoms with E-state index in [0.717, 1.165) is 25.7 Å². The van der Waals surface area contributed by atoms with Gasteiger partial charge in [0.25, 0.3) is 0 Å². The molecule has 0 nitrogen and oxygen atoms in total.